The van der Waals surface area contributed by atoms with Crippen molar-refractivity contribution in [1.82, 2.24) is 0 Å². The van der Waals surface area contributed by atoms with Crippen LogP contribution in [0.5, 0.6) is 0 Å². The lowest BCUT2D eigenvalue weighted by Crippen LogP contribution is -2.04. The predicted molar refractivity (Wildman–Crippen MR) is 47.7 cm³/mol. The summed E-state index contributed by atoms with van der Waals surface area (Å²) in [5.74, 6) is 3.10. The molecule has 3 aliphatic carbocycles. The number of hydrogen-bond donors (Lipinski definition) is 1. The maximum Gasteiger partial charge on any atom is 0.0433 e. The monoisotopic (exact) mass is 166 g/mol. The van der Waals surface area contributed by atoms with Crippen LogP contribution in [0.4, 0.5) is 0 Å². The van der Waals surface area contributed by atoms with Crippen molar-refractivity contribution in [3.63, 3.8) is 0 Å². The van der Waals surface area contributed by atoms with Crippen molar-refractivity contribution in [2.24, 2.45) is 23.2 Å². The van der Waals surface area contributed by atoms with E-state index in [1.165, 1.54) is 19.3 Å². The maximum absolute atomic E-state index is 8.84. The van der Waals surface area contributed by atoms with Gasteiger partial charge in [0.1, 0.15) is 0 Å². The number of hydrogen-bond acceptors (Lipinski definition) is 1. The van der Waals surface area contributed by atoms with E-state index in [4.69, 9.17) is 5.11 Å². The molecule has 68 valence electrons. The summed E-state index contributed by atoms with van der Waals surface area (Å²) in [6.45, 7) is 0.411. The van der Waals surface area contributed by atoms with E-state index in [0.717, 1.165) is 29.6 Å². The Morgan fingerprint density at radius 1 is 1.17 bits per heavy atom. The summed E-state index contributed by atoms with van der Waals surface area (Å²) in [4.78, 5) is 0. The van der Waals surface area contributed by atoms with Gasteiger partial charge in [0.05, 0.1) is 0 Å². The first kappa shape index (κ1) is 7.37. The first-order valence-electron chi connectivity index (χ1n) is 5.46. The van der Waals surface area contributed by atoms with E-state index >= 15 is 0 Å². The molecule has 3 rings (SSSR count). The Kier molecular flexibility index (Phi) is 1.39. The van der Waals surface area contributed by atoms with Crippen LogP contribution in [0.2, 0.25) is 0 Å². The van der Waals surface area contributed by atoms with E-state index in [0.29, 0.717) is 6.61 Å². The molecule has 2 atom stereocenters. The second-order valence-corrected chi connectivity index (χ2v) is 5.23. The molecule has 3 aliphatic rings. The second-order valence-electron chi connectivity index (χ2n) is 5.23. The van der Waals surface area contributed by atoms with Gasteiger partial charge < -0.3 is 5.11 Å². The minimum absolute atomic E-state index is 0.411. The van der Waals surface area contributed by atoms with Crippen LogP contribution in [0, 0.1) is 23.2 Å². The fraction of sp³-hybridized carbons (Fsp3) is 1.00. The highest BCUT2D eigenvalue weighted by atomic mass is 16.3. The summed E-state index contributed by atoms with van der Waals surface area (Å²) in [5.41, 5.74) is 0.893. The fourth-order valence-electron chi connectivity index (χ4n) is 3.45. The van der Waals surface area contributed by atoms with Gasteiger partial charge in [0.25, 0.3) is 0 Å². The van der Waals surface area contributed by atoms with Crippen LogP contribution in [-0.4, -0.2) is 11.7 Å². The molecule has 1 N–H and O–H groups in total. The third-order valence-electron chi connectivity index (χ3n) is 4.64. The van der Waals surface area contributed by atoms with E-state index in [1.807, 2.05) is 0 Å². The topological polar surface area (TPSA) is 20.2 Å². The van der Waals surface area contributed by atoms with Crippen molar-refractivity contribution in [2.45, 2.75) is 38.5 Å². The molecule has 0 saturated heterocycles. The Balaban J connectivity index is 1.56. The molecule has 2 unspecified atom stereocenters. The molecule has 3 saturated carbocycles. The summed E-state index contributed by atoms with van der Waals surface area (Å²) in [6.07, 6.45) is 8.50. The molecule has 0 amide bonds. The summed E-state index contributed by atoms with van der Waals surface area (Å²) in [7, 11) is 0. The van der Waals surface area contributed by atoms with Crippen molar-refractivity contribution >= 4 is 0 Å². The van der Waals surface area contributed by atoms with E-state index in [1.54, 1.807) is 12.8 Å². The molecule has 1 heteroatoms. The van der Waals surface area contributed by atoms with Gasteiger partial charge in [-0.3, -0.25) is 0 Å². The first-order valence-corrected chi connectivity index (χ1v) is 5.46. The fourth-order valence-corrected chi connectivity index (χ4v) is 3.45. The van der Waals surface area contributed by atoms with Crippen LogP contribution >= 0.6 is 0 Å². The molecule has 0 bridgehead atoms. The van der Waals surface area contributed by atoms with Crippen LogP contribution < -0.4 is 0 Å². The summed E-state index contributed by atoms with van der Waals surface area (Å²) in [6, 6.07) is 0. The van der Waals surface area contributed by atoms with Crippen molar-refractivity contribution < 1.29 is 5.11 Å². The smallest absolute Gasteiger partial charge is 0.0433 e. The van der Waals surface area contributed by atoms with Gasteiger partial charge in [-0.25, -0.2) is 0 Å². The molecule has 1 nitrogen and oxygen atoms in total. The minimum Gasteiger partial charge on any atom is -0.396 e. The molecule has 3 fully saturated rings. The molecule has 0 heterocycles. The Bertz CT molecular complexity index is 193. The molecule has 0 aromatic heterocycles. The third-order valence-corrected chi connectivity index (χ3v) is 4.64. The van der Waals surface area contributed by atoms with Gasteiger partial charge in [-0.15, -0.1) is 0 Å². The molecular weight excluding hydrogens is 148 g/mol. The van der Waals surface area contributed by atoms with Gasteiger partial charge in [-0.2, -0.15) is 0 Å². The standard InChI is InChI=1S/C11H18O/c12-4-3-8-1-2-9(5-8)11-6-10(11)7-11/h8-10,12H,1-7H2. The second kappa shape index (κ2) is 2.25. The van der Waals surface area contributed by atoms with E-state index in [-0.39, 0.29) is 0 Å². The van der Waals surface area contributed by atoms with Gasteiger partial charge in [-0.05, 0) is 55.3 Å². The highest BCUT2D eigenvalue weighted by Crippen LogP contribution is 2.81. The molecular formula is C11H18O. The van der Waals surface area contributed by atoms with Gasteiger partial charge in [0, 0.05) is 6.61 Å². The molecule has 12 heavy (non-hydrogen) atoms. The Labute approximate surface area is 74.2 Å². The number of aliphatic hydroxyl groups excluding tert-OH is 1. The van der Waals surface area contributed by atoms with Crippen LogP contribution in [-0.2, 0) is 0 Å². The molecule has 0 aromatic carbocycles. The minimum atomic E-state index is 0.411. The van der Waals surface area contributed by atoms with Crippen LogP contribution in [0.15, 0.2) is 0 Å². The van der Waals surface area contributed by atoms with Crippen molar-refractivity contribution in [3.8, 4) is 0 Å². The molecule has 0 aliphatic heterocycles. The maximum atomic E-state index is 8.84. The van der Waals surface area contributed by atoms with Gasteiger partial charge in [0.2, 0.25) is 0 Å². The lowest BCUT2D eigenvalue weighted by molar-refractivity contribution is 0.253. The lowest BCUT2D eigenvalue weighted by Gasteiger charge is -2.13. The molecule has 0 spiro atoms. The summed E-state index contributed by atoms with van der Waals surface area (Å²) < 4.78 is 0. The van der Waals surface area contributed by atoms with Crippen molar-refractivity contribution in [1.29, 1.82) is 0 Å². The Morgan fingerprint density at radius 2 is 1.92 bits per heavy atom. The number of fused-ring (bicyclic) bond motifs is 1. The number of aliphatic hydroxyl groups is 1. The number of rotatable bonds is 3. The van der Waals surface area contributed by atoms with Gasteiger partial charge >= 0.3 is 0 Å². The average Bonchev–Trinajstić information content (AvgIpc) is 2.82. The van der Waals surface area contributed by atoms with Crippen LogP contribution in [0.1, 0.15) is 38.5 Å². The largest absolute Gasteiger partial charge is 0.396 e. The van der Waals surface area contributed by atoms with E-state index < -0.39 is 0 Å². The predicted octanol–water partition coefficient (Wildman–Crippen LogP) is 2.20. The van der Waals surface area contributed by atoms with E-state index in [2.05, 4.69) is 0 Å². The molecule has 0 aromatic rings. The summed E-state index contributed by atoms with van der Waals surface area (Å²) >= 11 is 0. The zero-order valence-corrected chi connectivity index (χ0v) is 7.63. The van der Waals surface area contributed by atoms with Crippen LogP contribution in [0.3, 0.4) is 0 Å². The highest BCUT2D eigenvalue weighted by Gasteiger charge is 2.72. The quantitative estimate of drug-likeness (QED) is 0.681. The summed E-state index contributed by atoms with van der Waals surface area (Å²) in [5, 5.41) is 8.84. The highest BCUT2D eigenvalue weighted by molar-refractivity contribution is 5.21. The van der Waals surface area contributed by atoms with Crippen LogP contribution in [0.25, 0.3) is 0 Å². The first-order chi connectivity index (χ1) is 5.85. The zero-order chi connectivity index (χ0) is 8.18. The zero-order valence-electron chi connectivity index (χ0n) is 7.63. The van der Waals surface area contributed by atoms with Crippen molar-refractivity contribution in [2.75, 3.05) is 6.61 Å². The Hall–Kier alpha value is -0.0400. The normalized spacial score (nSPS) is 55.2. The van der Waals surface area contributed by atoms with Gasteiger partial charge in [-0.1, -0.05) is 6.42 Å². The molecule has 0 radical (unpaired) electrons. The van der Waals surface area contributed by atoms with Crippen molar-refractivity contribution in [3.05, 3.63) is 0 Å². The third kappa shape index (κ3) is 0.891. The SMILES string of the molecule is OCCC1CCC(C23CC2C3)C1. The average molecular weight is 166 g/mol. The van der Waals surface area contributed by atoms with Gasteiger partial charge in [0.15, 0.2) is 0 Å². The Morgan fingerprint density at radius 3 is 2.50 bits per heavy atom. The van der Waals surface area contributed by atoms with E-state index in [9.17, 15) is 0 Å². The lowest BCUT2D eigenvalue weighted by atomic mass is 9.93.